The Morgan fingerprint density at radius 1 is 1.26 bits per heavy atom. The van der Waals surface area contributed by atoms with Gasteiger partial charge in [0, 0.05) is 39.6 Å². The first kappa shape index (κ1) is 21.2. The zero-order chi connectivity index (χ0) is 19.9. The average molecular weight is 395 g/mol. The minimum atomic E-state index is -2.98. The number of aryl methyl sites for hydroxylation is 1. The summed E-state index contributed by atoms with van der Waals surface area (Å²) < 4.78 is 22.9. The molecule has 0 radical (unpaired) electrons. The number of sulfone groups is 1. The Bertz CT molecular complexity index is 760. The van der Waals surface area contributed by atoms with E-state index >= 15 is 0 Å². The minimum Gasteiger partial charge on any atom is -0.356 e. The highest BCUT2D eigenvalue weighted by Gasteiger charge is 2.28. The van der Waals surface area contributed by atoms with Crippen molar-refractivity contribution in [3.63, 3.8) is 0 Å². The van der Waals surface area contributed by atoms with Crippen molar-refractivity contribution in [2.45, 2.75) is 38.8 Å². The van der Waals surface area contributed by atoms with Crippen molar-refractivity contribution in [2.24, 2.45) is 4.99 Å². The fraction of sp³-hybridized carbons (Fsp3) is 0.579. The predicted octanol–water partition coefficient (Wildman–Crippen LogP) is 0.950. The first-order chi connectivity index (χ1) is 12.8. The normalized spacial score (nSPS) is 18.9. The number of rotatable bonds is 7. The lowest BCUT2D eigenvalue weighted by Crippen LogP contribution is -2.41. The molecule has 1 fully saturated rings. The molecular weight excluding hydrogens is 364 g/mol. The third kappa shape index (κ3) is 6.86. The maximum atomic E-state index is 12.0. The van der Waals surface area contributed by atoms with Crippen LogP contribution < -0.4 is 10.6 Å². The van der Waals surface area contributed by atoms with Gasteiger partial charge in [0.05, 0.1) is 11.5 Å². The van der Waals surface area contributed by atoms with E-state index in [1.165, 1.54) is 11.1 Å². The van der Waals surface area contributed by atoms with Crippen molar-refractivity contribution in [3.8, 4) is 0 Å². The summed E-state index contributed by atoms with van der Waals surface area (Å²) in [6.07, 6.45) is 1.80. The van der Waals surface area contributed by atoms with Gasteiger partial charge in [-0.3, -0.25) is 9.79 Å². The summed E-state index contributed by atoms with van der Waals surface area (Å²) in [6, 6.07) is 8.24. The van der Waals surface area contributed by atoms with Gasteiger partial charge in [-0.2, -0.15) is 0 Å². The third-order valence-corrected chi connectivity index (χ3v) is 6.43. The largest absolute Gasteiger partial charge is 0.356 e. The standard InChI is InChI=1S/C19H30N4O3S/c1-4-15-5-7-16(8-6-15)13-23(3)19(20-2)21-11-9-18(24)22-17-10-12-27(25,26)14-17/h5-8,17H,4,9-14H2,1-3H3,(H,20,21)(H,22,24). The number of carbonyl (C=O) groups excluding carboxylic acids is 1. The number of carbonyl (C=O) groups is 1. The molecule has 27 heavy (non-hydrogen) atoms. The van der Waals surface area contributed by atoms with Crippen LogP contribution in [0.4, 0.5) is 0 Å². The van der Waals surface area contributed by atoms with Crippen LogP contribution in [0.1, 0.15) is 30.9 Å². The van der Waals surface area contributed by atoms with Crippen molar-refractivity contribution in [1.82, 2.24) is 15.5 Å². The van der Waals surface area contributed by atoms with E-state index in [2.05, 4.69) is 46.8 Å². The highest BCUT2D eigenvalue weighted by atomic mass is 32.2. The fourth-order valence-electron chi connectivity index (χ4n) is 3.11. The topological polar surface area (TPSA) is 90.9 Å². The summed E-state index contributed by atoms with van der Waals surface area (Å²) in [5, 5.41) is 5.98. The van der Waals surface area contributed by atoms with E-state index in [0.717, 1.165) is 13.0 Å². The molecule has 1 saturated heterocycles. The van der Waals surface area contributed by atoms with Gasteiger partial charge in [0.1, 0.15) is 0 Å². The molecule has 1 aliphatic heterocycles. The molecule has 8 heteroatoms. The van der Waals surface area contributed by atoms with Gasteiger partial charge in [-0.25, -0.2) is 8.42 Å². The highest BCUT2D eigenvalue weighted by molar-refractivity contribution is 7.91. The maximum absolute atomic E-state index is 12.0. The van der Waals surface area contributed by atoms with Crippen LogP contribution in [0.15, 0.2) is 29.3 Å². The van der Waals surface area contributed by atoms with Crippen molar-refractivity contribution < 1.29 is 13.2 Å². The number of nitrogens with one attached hydrogen (secondary N) is 2. The average Bonchev–Trinajstić information content (AvgIpc) is 2.97. The van der Waals surface area contributed by atoms with E-state index < -0.39 is 9.84 Å². The predicted molar refractivity (Wildman–Crippen MR) is 108 cm³/mol. The first-order valence-corrected chi connectivity index (χ1v) is 11.1. The van der Waals surface area contributed by atoms with Crippen molar-refractivity contribution in [3.05, 3.63) is 35.4 Å². The number of guanidine groups is 1. The maximum Gasteiger partial charge on any atom is 0.222 e. The van der Waals surface area contributed by atoms with Crippen LogP contribution in [0.2, 0.25) is 0 Å². The quantitative estimate of drug-likeness (QED) is 0.531. The fourth-order valence-corrected chi connectivity index (χ4v) is 4.78. The van der Waals surface area contributed by atoms with Crippen molar-refractivity contribution >= 4 is 21.7 Å². The van der Waals surface area contributed by atoms with Crippen LogP contribution in [0.5, 0.6) is 0 Å². The Hall–Kier alpha value is -2.09. The van der Waals surface area contributed by atoms with E-state index in [1.54, 1.807) is 7.05 Å². The molecule has 1 heterocycles. The molecule has 2 N–H and O–H groups in total. The smallest absolute Gasteiger partial charge is 0.222 e. The molecule has 0 aliphatic carbocycles. The monoisotopic (exact) mass is 394 g/mol. The van der Waals surface area contributed by atoms with Gasteiger partial charge in [0.15, 0.2) is 15.8 Å². The van der Waals surface area contributed by atoms with E-state index in [0.29, 0.717) is 18.9 Å². The van der Waals surface area contributed by atoms with Gasteiger partial charge in [-0.15, -0.1) is 0 Å². The zero-order valence-electron chi connectivity index (χ0n) is 16.4. The second-order valence-corrected chi connectivity index (χ2v) is 9.15. The van der Waals surface area contributed by atoms with Gasteiger partial charge in [-0.05, 0) is 24.0 Å². The number of hydrogen-bond donors (Lipinski definition) is 2. The van der Waals surface area contributed by atoms with Crippen LogP contribution in [0.25, 0.3) is 0 Å². The lowest BCUT2D eigenvalue weighted by Gasteiger charge is -2.22. The number of aliphatic imine (C=N–C) groups is 1. The number of benzene rings is 1. The molecule has 7 nitrogen and oxygen atoms in total. The second kappa shape index (κ2) is 9.73. The lowest BCUT2D eigenvalue weighted by molar-refractivity contribution is -0.121. The third-order valence-electron chi connectivity index (χ3n) is 4.66. The summed E-state index contributed by atoms with van der Waals surface area (Å²) in [4.78, 5) is 18.3. The number of amides is 1. The van der Waals surface area contributed by atoms with Crippen LogP contribution >= 0.6 is 0 Å². The van der Waals surface area contributed by atoms with E-state index in [1.807, 2.05) is 11.9 Å². The van der Waals surface area contributed by atoms with Crippen LogP contribution in [-0.4, -0.2) is 63.4 Å². The van der Waals surface area contributed by atoms with Gasteiger partial charge >= 0.3 is 0 Å². The molecule has 0 spiro atoms. The van der Waals surface area contributed by atoms with Gasteiger partial charge in [0.25, 0.3) is 0 Å². The number of hydrogen-bond acceptors (Lipinski definition) is 4. The van der Waals surface area contributed by atoms with Crippen LogP contribution in [-0.2, 0) is 27.6 Å². The first-order valence-electron chi connectivity index (χ1n) is 9.32. The van der Waals surface area contributed by atoms with E-state index in [4.69, 9.17) is 0 Å². The molecule has 0 aromatic heterocycles. The van der Waals surface area contributed by atoms with E-state index in [9.17, 15) is 13.2 Å². The van der Waals surface area contributed by atoms with Crippen molar-refractivity contribution in [2.75, 3.05) is 32.1 Å². The molecule has 0 saturated carbocycles. The highest BCUT2D eigenvalue weighted by Crippen LogP contribution is 2.11. The minimum absolute atomic E-state index is 0.0490. The van der Waals surface area contributed by atoms with E-state index in [-0.39, 0.29) is 29.9 Å². The summed E-state index contributed by atoms with van der Waals surface area (Å²) >= 11 is 0. The molecule has 1 aromatic rings. The molecule has 1 aromatic carbocycles. The molecule has 1 aliphatic rings. The molecule has 1 atom stereocenters. The summed E-state index contributed by atoms with van der Waals surface area (Å²) in [6.45, 7) is 3.29. The molecular formula is C19H30N4O3S. The van der Waals surface area contributed by atoms with Crippen molar-refractivity contribution in [1.29, 1.82) is 0 Å². The SMILES string of the molecule is CCc1ccc(CN(C)C(=NC)NCCC(=O)NC2CCS(=O)(=O)C2)cc1. The Kier molecular flexibility index (Phi) is 7.65. The number of nitrogens with zero attached hydrogens (tertiary/aromatic N) is 2. The Morgan fingerprint density at radius 2 is 1.93 bits per heavy atom. The molecule has 1 amide bonds. The zero-order valence-corrected chi connectivity index (χ0v) is 17.2. The van der Waals surface area contributed by atoms with Gasteiger partial charge in [0.2, 0.25) is 5.91 Å². The van der Waals surface area contributed by atoms with Gasteiger partial charge < -0.3 is 15.5 Å². The Morgan fingerprint density at radius 3 is 2.48 bits per heavy atom. The second-order valence-electron chi connectivity index (χ2n) is 6.92. The molecule has 0 bridgehead atoms. The summed E-state index contributed by atoms with van der Waals surface area (Å²) in [5.41, 5.74) is 2.50. The summed E-state index contributed by atoms with van der Waals surface area (Å²) in [5.74, 6) is 0.781. The lowest BCUT2D eigenvalue weighted by atomic mass is 10.1. The Labute approximate surface area is 162 Å². The van der Waals surface area contributed by atoms with Gasteiger partial charge in [-0.1, -0.05) is 31.2 Å². The molecule has 150 valence electrons. The Balaban J connectivity index is 1.74. The molecule has 2 rings (SSSR count). The molecule has 1 unspecified atom stereocenters. The summed E-state index contributed by atoms with van der Waals surface area (Å²) in [7, 11) is 0.681. The van der Waals surface area contributed by atoms with Crippen LogP contribution in [0, 0.1) is 0 Å². The van der Waals surface area contributed by atoms with Crippen LogP contribution in [0.3, 0.4) is 0 Å².